The number of hydrogen-bond acceptors (Lipinski definition) is 2. The molecule has 0 aromatic heterocycles. The normalized spacial score (nSPS) is 11.4. The molecule has 0 aliphatic carbocycles. The summed E-state index contributed by atoms with van der Waals surface area (Å²) in [5, 5.41) is 3.06. The third kappa shape index (κ3) is 8.51. The Kier molecular flexibility index (Phi) is 8.06. The van der Waals surface area contributed by atoms with E-state index in [1.54, 1.807) is 0 Å². The number of ether oxygens (including phenoxy) is 1. The summed E-state index contributed by atoms with van der Waals surface area (Å²) in [5.41, 5.74) is 0.829. The van der Waals surface area contributed by atoms with E-state index in [1.807, 2.05) is 44.2 Å². The fourth-order valence-electron chi connectivity index (χ4n) is 2.19. The highest BCUT2D eigenvalue weighted by Crippen LogP contribution is 2.08. The Morgan fingerprint density at radius 1 is 1.14 bits per heavy atom. The minimum Gasteiger partial charge on any atom is -0.374 e. The van der Waals surface area contributed by atoms with Gasteiger partial charge in [0.2, 0.25) is 5.91 Å². The highest BCUT2D eigenvalue weighted by molar-refractivity contribution is 5.76. The van der Waals surface area contributed by atoms with Crippen LogP contribution < -0.4 is 5.32 Å². The highest BCUT2D eigenvalue weighted by Gasteiger charge is 2.20. The van der Waals surface area contributed by atoms with E-state index in [9.17, 15) is 4.79 Å². The van der Waals surface area contributed by atoms with Gasteiger partial charge in [-0.2, -0.15) is 0 Å². The summed E-state index contributed by atoms with van der Waals surface area (Å²) in [4.78, 5) is 11.9. The molecule has 1 amide bonds. The van der Waals surface area contributed by atoms with Crippen LogP contribution >= 0.6 is 0 Å². The quantitative estimate of drug-likeness (QED) is 0.660. The molecular formula is C18H29NO2. The van der Waals surface area contributed by atoms with Gasteiger partial charge in [-0.1, -0.05) is 56.5 Å². The zero-order valence-electron chi connectivity index (χ0n) is 13.7. The van der Waals surface area contributed by atoms with E-state index in [2.05, 4.69) is 12.2 Å². The molecule has 0 fully saturated rings. The first-order valence-electron chi connectivity index (χ1n) is 7.96. The standard InChI is InChI=1S/C18H29NO2/c1-4-5-6-10-13-17(20)19-18(2,3)15-21-14-16-11-8-7-9-12-16/h7-9,11-12H,4-6,10,13-15H2,1-3H3,(H,19,20). The molecule has 0 saturated carbocycles. The molecule has 1 aromatic carbocycles. The number of amides is 1. The van der Waals surface area contributed by atoms with Crippen molar-refractivity contribution in [3.05, 3.63) is 35.9 Å². The van der Waals surface area contributed by atoms with Gasteiger partial charge in [0.25, 0.3) is 0 Å². The molecule has 21 heavy (non-hydrogen) atoms. The second-order valence-corrected chi connectivity index (χ2v) is 6.22. The lowest BCUT2D eigenvalue weighted by Crippen LogP contribution is -2.46. The summed E-state index contributed by atoms with van der Waals surface area (Å²) < 4.78 is 5.71. The number of carbonyl (C=O) groups excluding carboxylic acids is 1. The van der Waals surface area contributed by atoms with Gasteiger partial charge < -0.3 is 10.1 Å². The van der Waals surface area contributed by atoms with Gasteiger partial charge in [-0.15, -0.1) is 0 Å². The predicted octanol–water partition coefficient (Wildman–Crippen LogP) is 4.07. The first kappa shape index (κ1) is 17.7. The monoisotopic (exact) mass is 291 g/mol. The molecule has 3 nitrogen and oxygen atoms in total. The molecule has 1 aromatic rings. The molecule has 1 rings (SSSR count). The fourth-order valence-corrected chi connectivity index (χ4v) is 2.19. The topological polar surface area (TPSA) is 38.3 Å². The third-order valence-electron chi connectivity index (χ3n) is 3.31. The average molecular weight is 291 g/mol. The van der Waals surface area contributed by atoms with Crippen molar-refractivity contribution in [1.29, 1.82) is 0 Å². The molecular weight excluding hydrogens is 262 g/mol. The summed E-state index contributed by atoms with van der Waals surface area (Å²) in [5.74, 6) is 0.124. The molecule has 3 heteroatoms. The molecule has 118 valence electrons. The molecule has 0 aliphatic rings. The molecule has 0 atom stereocenters. The molecule has 1 N–H and O–H groups in total. The Morgan fingerprint density at radius 3 is 2.52 bits per heavy atom. The van der Waals surface area contributed by atoms with Crippen molar-refractivity contribution in [2.24, 2.45) is 0 Å². The number of unbranched alkanes of at least 4 members (excludes halogenated alkanes) is 3. The van der Waals surface area contributed by atoms with Gasteiger partial charge in [-0.3, -0.25) is 4.79 Å². The van der Waals surface area contributed by atoms with Crippen molar-refractivity contribution in [3.63, 3.8) is 0 Å². The van der Waals surface area contributed by atoms with Gasteiger partial charge in [0, 0.05) is 6.42 Å². The Balaban J connectivity index is 2.21. The Morgan fingerprint density at radius 2 is 1.86 bits per heavy atom. The highest BCUT2D eigenvalue weighted by atomic mass is 16.5. The van der Waals surface area contributed by atoms with Crippen LogP contribution in [0.5, 0.6) is 0 Å². The van der Waals surface area contributed by atoms with Crippen LogP contribution in [0.4, 0.5) is 0 Å². The van der Waals surface area contributed by atoms with Gasteiger partial charge >= 0.3 is 0 Å². The summed E-state index contributed by atoms with van der Waals surface area (Å²) >= 11 is 0. The van der Waals surface area contributed by atoms with Crippen LogP contribution in [0, 0.1) is 0 Å². The molecule has 0 heterocycles. The van der Waals surface area contributed by atoms with E-state index >= 15 is 0 Å². The van der Waals surface area contributed by atoms with Gasteiger partial charge in [0.05, 0.1) is 18.8 Å². The van der Waals surface area contributed by atoms with E-state index in [1.165, 1.54) is 12.8 Å². The van der Waals surface area contributed by atoms with E-state index in [0.717, 1.165) is 18.4 Å². The lowest BCUT2D eigenvalue weighted by Gasteiger charge is -2.26. The van der Waals surface area contributed by atoms with Crippen molar-refractivity contribution in [2.75, 3.05) is 6.61 Å². The van der Waals surface area contributed by atoms with Crippen molar-refractivity contribution >= 4 is 5.91 Å². The van der Waals surface area contributed by atoms with Crippen LogP contribution in [-0.4, -0.2) is 18.1 Å². The zero-order valence-corrected chi connectivity index (χ0v) is 13.7. The molecule has 0 spiro atoms. The summed E-state index contributed by atoms with van der Waals surface area (Å²) in [6, 6.07) is 10.1. The van der Waals surface area contributed by atoms with Crippen LogP contribution in [0.25, 0.3) is 0 Å². The average Bonchev–Trinajstić information content (AvgIpc) is 2.44. The second-order valence-electron chi connectivity index (χ2n) is 6.22. The largest absolute Gasteiger partial charge is 0.374 e. The van der Waals surface area contributed by atoms with Crippen LogP contribution in [0.1, 0.15) is 58.4 Å². The maximum absolute atomic E-state index is 11.9. The smallest absolute Gasteiger partial charge is 0.220 e. The SMILES string of the molecule is CCCCCCC(=O)NC(C)(C)COCc1ccccc1. The molecule has 0 bridgehead atoms. The van der Waals surface area contributed by atoms with E-state index in [4.69, 9.17) is 4.74 Å². The van der Waals surface area contributed by atoms with Gasteiger partial charge in [-0.25, -0.2) is 0 Å². The van der Waals surface area contributed by atoms with Crippen molar-refractivity contribution in [1.82, 2.24) is 5.32 Å². The van der Waals surface area contributed by atoms with Crippen LogP contribution in [0.2, 0.25) is 0 Å². The number of carbonyl (C=O) groups is 1. The van der Waals surface area contributed by atoms with E-state index in [-0.39, 0.29) is 11.4 Å². The molecule has 0 radical (unpaired) electrons. The Labute approximate surface area is 129 Å². The Hall–Kier alpha value is -1.35. The molecule has 0 saturated heterocycles. The lowest BCUT2D eigenvalue weighted by atomic mass is 10.1. The number of nitrogens with one attached hydrogen (secondary N) is 1. The molecule has 0 unspecified atom stereocenters. The zero-order chi connectivity index (χ0) is 15.6. The third-order valence-corrected chi connectivity index (χ3v) is 3.31. The number of benzene rings is 1. The number of hydrogen-bond donors (Lipinski definition) is 1. The summed E-state index contributed by atoms with van der Waals surface area (Å²) in [6.07, 6.45) is 5.12. The first-order chi connectivity index (χ1) is 10.0. The predicted molar refractivity (Wildman–Crippen MR) is 87.1 cm³/mol. The van der Waals surface area contributed by atoms with Crippen molar-refractivity contribution in [3.8, 4) is 0 Å². The number of rotatable bonds is 10. The van der Waals surface area contributed by atoms with Gasteiger partial charge in [-0.05, 0) is 25.8 Å². The van der Waals surface area contributed by atoms with Gasteiger partial charge in [0.1, 0.15) is 0 Å². The minimum absolute atomic E-state index is 0.124. The maximum atomic E-state index is 11.9. The maximum Gasteiger partial charge on any atom is 0.220 e. The fraction of sp³-hybridized carbons (Fsp3) is 0.611. The van der Waals surface area contributed by atoms with E-state index < -0.39 is 0 Å². The Bertz CT molecular complexity index is 401. The lowest BCUT2D eigenvalue weighted by molar-refractivity contribution is -0.123. The summed E-state index contributed by atoms with van der Waals surface area (Å²) in [7, 11) is 0. The van der Waals surface area contributed by atoms with Crippen molar-refractivity contribution < 1.29 is 9.53 Å². The molecule has 0 aliphatic heterocycles. The van der Waals surface area contributed by atoms with Crippen LogP contribution in [-0.2, 0) is 16.1 Å². The first-order valence-corrected chi connectivity index (χ1v) is 7.96. The van der Waals surface area contributed by atoms with E-state index in [0.29, 0.717) is 19.6 Å². The minimum atomic E-state index is -0.323. The van der Waals surface area contributed by atoms with Crippen LogP contribution in [0.3, 0.4) is 0 Å². The van der Waals surface area contributed by atoms with Crippen molar-refractivity contribution in [2.45, 2.75) is 65.0 Å². The van der Waals surface area contributed by atoms with Crippen LogP contribution in [0.15, 0.2) is 30.3 Å². The summed E-state index contributed by atoms with van der Waals surface area (Å²) in [6.45, 7) is 7.27. The second kappa shape index (κ2) is 9.56. The van der Waals surface area contributed by atoms with Gasteiger partial charge in [0.15, 0.2) is 0 Å².